The van der Waals surface area contributed by atoms with Crippen molar-refractivity contribution in [3.8, 4) is 5.69 Å². The highest BCUT2D eigenvalue weighted by atomic mass is 79.9. The molecule has 0 aliphatic carbocycles. The number of fused-ring (bicyclic) bond motifs is 1. The maximum atomic E-state index is 9.17. The van der Waals surface area contributed by atoms with Gasteiger partial charge in [-0.1, -0.05) is 40.2 Å². The van der Waals surface area contributed by atoms with E-state index >= 15 is 0 Å². The molecule has 3 rings (SSSR count). The normalized spacial score (nSPS) is 11.0. The molecule has 3 heteroatoms. The molecule has 3 aromatic rings. The predicted octanol–water partition coefficient (Wildman–Crippen LogP) is 3.69. The Balaban J connectivity index is 2.17. The smallest absolute Gasteiger partial charge is 0.0692 e. The van der Waals surface area contributed by atoms with E-state index in [2.05, 4.69) is 32.6 Å². The first kappa shape index (κ1) is 11.5. The van der Waals surface area contributed by atoms with Crippen molar-refractivity contribution in [1.29, 1.82) is 0 Å². The van der Waals surface area contributed by atoms with E-state index in [1.807, 2.05) is 42.6 Å². The zero-order valence-corrected chi connectivity index (χ0v) is 11.2. The van der Waals surface area contributed by atoms with Crippen LogP contribution in [0.4, 0.5) is 0 Å². The molecular formula is C15H11BrNO. The third kappa shape index (κ3) is 1.85. The maximum absolute atomic E-state index is 9.17. The zero-order chi connectivity index (χ0) is 12.5. The summed E-state index contributed by atoms with van der Waals surface area (Å²) in [4.78, 5) is 0. The molecule has 89 valence electrons. The minimum Gasteiger partial charge on any atom is -0.392 e. The summed E-state index contributed by atoms with van der Waals surface area (Å²) in [6, 6.07) is 17.3. The molecule has 0 saturated heterocycles. The van der Waals surface area contributed by atoms with Gasteiger partial charge in [-0.2, -0.15) is 0 Å². The van der Waals surface area contributed by atoms with Crippen LogP contribution in [0.25, 0.3) is 16.6 Å². The van der Waals surface area contributed by atoms with Gasteiger partial charge in [-0.3, -0.25) is 0 Å². The van der Waals surface area contributed by atoms with E-state index in [1.54, 1.807) is 0 Å². The summed E-state index contributed by atoms with van der Waals surface area (Å²) in [6.07, 6.45) is 1.94. The Hall–Kier alpha value is -1.58. The number of rotatable bonds is 2. The lowest BCUT2D eigenvalue weighted by Crippen LogP contribution is -1.93. The van der Waals surface area contributed by atoms with Crippen molar-refractivity contribution in [2.45, 2.75) is 6.61 Å². The topological polar surface area (TPSA) is 25.2 Å². The van der Waals surface area contributed by atoms with Crippen LogP contribution in [0.5, 0.6) is 0 Å². The molecular weight excluding hydrogens is 290 g/mol. The van der Waals surface area contributed by atoms with E-state index in [4.69, 9.17) is 5.11 Å². The molecule has 0 spiro atoms. The number of hydrogen-bond acceptors (Lipinski definition) is 1. The van der Waals surface area contributed by atoms with Crippen LogP contribution in [-0.4, -0.2) is 9.67 Å². The monoisotopic (exact) mass is 300 g/mol. The second-order valence-electron chi connectivity index (χ2n) is 4.09. The minimum absolute atomic E-state index is 0.0411. The molecule has 1 N–H and O–H groups in total. The molecule has 2 nitrogen and oxygen atoms in total. The molecule has 0 bridgehead atoms. The fraction of sp³-hybridized carbons (Fsp3) is 0.0667. The third-order valence-electron chi connectivity index (χ3n) is 3.00. The molecule has 0 aliphatic heterocycles. The van der Waals surface area contributed by atoms with Crippen LogP contribution in [0.2, 0.25) is 0 Å². The average Bonchev–Trinajstić information content (AvgIpc) is 2.82. The summed E-state index contributed by atoms with van der Waals surface area (Å²) < 4.78 is 3.00. The van der Waals surface area contributed by atoms with Crippen LogP contribution < -0.4 is 0 Å². The van der Waals surface area contributed by atoms with Crippen molar-refractivity contribution < 1.29 is 5.11 Å². The lowest BCUT2D eigenvalue weighted by atomic mass is 10.2. The molecule has 18 heavy (non-hydrogen) atoms. The highest BCUT2D eigenvalue weighted by Crippen LogP contribution is 2.24. The number of benzene rings is 2. The molecule has 0 saturated carbocycles. The van der Waals surface area contributed by atoms with Crippen molar-refractivity contribution in [2.24, 2.45) is 0 Å². The van der Waals surface area contributed by atoms with Crippen molar-refractivity contribution in [3.05, 3.63) is 64.8 Å². The second-order valence-corrected chi connectivity index (χ2v) is 4.95. The third-order valence-corrected chi connectivity index (χ3v) is 3.74. The molecule has 1 aromatic heterocycles. The Labute approximate surface area is 114 Å². The SMILES string of the molecule is OCc1ccc(-n2c[c]c3ccccc32)cc1Br. The minimum atomic E-state index is 0.0411. The Morgan fingerprint density at radius 2 is 2.00 bits per heavy atom. The van der Waals surface area contributed by atoms with Crippen molar-refractivity contribution in [1.82, 2.24) is 4.57 Å². The van der Waals surface area contributed by atoms with Gasteiger partial charge >= 0.3 is 0 Å². The Morgan fingerprint density at radius 1 is 1.17 bits per heavy atom. The Kier molecular flexibility index (Phi) is 2.94. The Bertz CT molecular complexity index is 703. The van der Waals surface area contributed by atoms with E-state index in [9.17, 15) is 0 Å². The summed E-state index contributed by atoms with van der Waals surface area (Å²) >= 11 is 3.47. The molecule has 0 fully saturated rings. The van der Waals surface area contributed by atoms with E-state index in [0.717, 1.165) is 26.6 Å². The van der Waals surface area contributed by atoms with Gasteiger partial charge in [0, 0.05) is 27.8 Å². The number of aliphatic hydroxyl groups is 1. The lowest BCUT2D eigenvalue weighted by Gasteiger charge is -2.08. The van der Waals surface area contributed by atoms with E-state index in [-0.39, 0.29) is 6.61 Å². The van der Waals surface area contributed by atoms with E-state index in [0.29, 0.717) is 0 Å². The first-order chi connectivity index (χ1) is 8.79. The first-order valence-electron chi connectivity index (χ1n) is 5.67. The summed E-state index contributed by atoms with van der Waals surface area (Å²) in [5.74, 6) is 0. The predicted molar refractivity (Wildman–Crippen MR) is 75.7 cm³/mol. The van der Waals surface area contributed by atoms with Crippen LogP contribution in [0, 0.1) is 6.07 Å². The van der Waals surface area contributed by atoms with Gasteiger partial charge < -0.3 is 9.67 Å². The molecule has 1 heterocycles. The average molecular weight is 301 g/mol. The molecule has 0 aliphatic rings. The molecule has 0 atom stereocenters. The number of para-hydroxylation sites is 1. The fourth-order valence-corrected chi connectivity index (χ4v) is 2.53. The summed E-state index contributed by atoms with van der Waals surface area (Å²) in [6.45, 7) is 0.0411. The highest BCUT2D eigenvalue weighted by molar-refractivity contribution is 9.10. The van der Waals surface area contributed by atoms with Crippen molar-refractivity contribution >= 4 is 26.8 Å². The largest absolute Gasteiger partial charge is 0.392 e. The molecule has 2 aromatic carbocycles. The number of hydrogen-bond donors (Lipinski definition) is 1. The van der Waals surface area contributed by atoms with Gasteiger partial charge in [-0.05, 0) is 23.8 Å². The zero-order valence-electron chi connectivity index (χ0n) is 9.60. The lowest BCUT2D eigenvalue weighted by molar-refractivity contribution is 0.281. The first-order valence-corrected chi connectivity index (χ1v) is 6.46. The van der Waals surface area contributed by atoms with Crippen molar-refractivity contribution in [2.75, 3.05) is 0 Å². The number of nitrogens with zero attached hydrogens (tertiary/aromatic N) is 1. The van der Waals surface area contributed by atoms with Gasteiger partial charge in [-0.25, -0.2) is 0 Å². The quantitative estimate of drug-likeness (QED) is 0.767. The van der Waals surface area contributed by atoms with E-state index < -0.39 is 0 Å². The molecule has 0 amide bonds. The number of aliphatic hydroxyl groups excluding tert-OH is 1. The maximum Gasteiger partial charge on any atom is 0.0692 e. The summed E-state index contributed by atoms with van der Waals surface area (Å²) in [7, 11) is 0. The highest BCUT2D eigenvalue weighted by Gasteiger charge is 2.05. The van der Waals surface area contributed by atoms with E-state index in [1.165, 1.54) is 0 Å². The van der Waals surface area contributed by atoms with Crippen LogP contribution in [0.3, 0.4) is 0 Å². The van der Waals surface area contributed by atoms with Gasteiger partial charge in [0.05, 0.1) is 12.1 Å². The second kappa shape index (κ2) is 4.59. The van der Waals surface area contributed by atoms with Gasteiger partial charge in [-0.15, -0.1) is 0 Å². The standard InChI is InChI=1S/C15H11BrNO/c16-14-9-13(6-5-12(14)10-18)17-8-7-11-3-1-2-4-15(11)17/h1-6,8-9,18H,10H2. The van der Waals surface area contributed by atoms with Crippen LogP contribution >= 0.6 is 15.9 Å². The van der Waals surface area contributed by atoms with Crippen LogP contribution in [0.1, 0.15) is 5.56 Å². The molecule has 1 radical (unpaired) electrons. The van der Waals surface area contributed by atoms with Gasteiger partial charge in [0.15, 0.2) is 0 Å². The van der Waals surface area contributed by atoms with Crippen molar-refractivity contribution in [3.63, 3.8) is 0 Å². The summed E-state index contributed by atoms with van der Waals surface area (Å²) in [5, 5.41) is 10.3. The number of halogens is 1. The van der Waals surface area contributed by atoms with Gasteiger partial charge in [0.1, 0.15) is 0 Å². The van der Waals surface area contributed by atoms with Gasteiger partial charge in [0.2, 0.25) is 0 Å². The van der Waals surface area contributed by atoms with Gasteiger partial charge in [0.25, 0.3) is 0 Å². The molecule has 0 unspecified atom stereocenters. The fourth-order valence-electron chi connectivity index (χ4n) is 2.04. The Morgan fingerprint density at radius 3 is 2.78 bits per heavy atom. The summed E-state index contributed by atoms with van der Waals surface area (Å²) in [5.41, 5.74) is 3.07. The number of aromatic nitrogens is 1. The van der Waals surface area contributed by atoms with Crippen LogP contribution in [-0.2, 0) is 6.61 Å². The van der Waals surface area contributed by atoms with Crippen LogP contribution in [0.15, 0.2) is 53.1 Å².